The van der Waals surface area contributed by atoms with Crippen LogP contribution >= 0.6 is 23.2 Å². The number of aliphatic carboxylic acids is 1. The lowest BCUT2D eigenvalue weighted by atomic mass is 9.86. The first-order valence-electron chi connectivity index (χ1n) is 10.5. The first-order valence-corrected chi connectivity index (χ1v) is 11.2. The zero-order chi connectivity index (χ0) is 24.3. The van der Waals surface area contributed by atoms with Crippen LogP contribution in [0.2, 0.25) is 10.0 Å². The average Bonchev–Trinajstić information content (AvgIpc) is 3.10. The zero-order valence-electron chi connectivity index (χ0n) is 18.9. The van der Waals surface area contributed by atoms with Crippen LogP contribution in [-0.2, 0) is 28.5 Å². The zero-order valence-corrected chi connectivity index (χ0v) is 20.4. The summed E-state index contributed by atoms with van der Waals surface area (Å²) in [7, 11) is 3.33. The van der Waals surface area contributed by atoms with Crippen molar-refractivity contribution >= 4 is 46.0 Å². The standard InChI is InChI=1S/C22H20Cl2N2O5.C2H6/c1-26-16-5-6-18(30-2)20(24)13(16)9-17(26)21(29)25-22(10-31-11-22)14-4-3-12(7-15(14)23)8-19(27)28;1-2/h3-7,9H,8,10-11H2,1-2H3,(H,25,29)(H,27,28);1-2H3. The van der Waals surface area contributed by atoms with Crippen molar-refractivity contribution < 1.29 is 24.2 Å². The van der Waals surface area contributed by atoms with Crippen molar-refractivity contribution in [2.75, 3.05) is 20.3 Å². The first kappa shape index (κ1) is 24.9. The van der Waals surface area contributed by atoms with Crippen LogP contribution in [0, 0.1) is 0 Å². The normalized spacial score (nSPS) is 14.1. The minimum Gasteiger partial charge on any atom is -0.495 e. The van der Waals surface area contributed by atoms with Gasteiger partial charge < -0.3 is 24.5 Å². The molecule has 0 radical (unpaired) electrons. The van der Waals surface area contributed by atoms with E-state index in [9.17, 15) is 9.59 Å². The topological polar surface area (TPSA) is 89.8 Å². The summed E-state index contributed by atoms with van der Waals surface area (Å²) in [6, 6.07) is 10.4. The van der Waals surface area contributed by atoms with Gasteiger partial charge in [0.25, 0.3) is 5.91 Å². The van der Waals surface area contributed by atoms with E-state index in [1.54, 1.807) is 41.9 Å². The number of benzene rings is 2. The first-order chi connectivity index (χ1) is 15.8. The van der Waals surface area contributed by atoms with Crippen molar-refractivity contribution in [2.45, 2.75) is 25.8 Å². The number of aromatic nitrogens is 1. The number of halogens is 2. The van der Waals surface area contributed by atoms with E-state index in [2.05, 4.69) is 5.32 Å². The molecule has 0 aliphatic carbocycles. The number of carboxylic acids is 1. The van der Waals surface area contributed by atoms with E-state index in [1.807, 2.05) is 19.9 Å². The van der Waals surface area contributed by atoms with E-state index in [0.29, 0.717) is 38.0 Å². The van der Waals surface area contributed by atoms with Crippen molar-refractivity contribution in [1.29, 1.82) is 0 Å². The molecule has 3 aromatic rings. The number of carbonyl (C=O) groups excluding carboxylic acids is 1. The van der Waals surface area contributed by atoms with E-state index >= 15 is 0 Å². The third-order valence-corrected chi connectivity index (χ3v) is 6.23. The largest absolute Gasteiger partial charge is 0.495 e. The Morgan fingerprint density at radius 2 is 1.88 bits per heavy atom. The molecule has 0 atom stereocenters. The van der Waals surface area contributed by atoms with E-state index in [-0.39, 0.29) is 25.5 Å². The number of aryl methyl sites for hydroxylation is 1. The van der Waals surface area contributed by atoms with Gasteiger partial charge in [-0.3, -0.25) is 9.59 Å². The van der Waals surface area contributed by atoms with Gasteiger partial charge in [0.05, 0.1) is 37.3 Å². The highest BCUT2D eigenvalue weighted by Crippen LogP contribution is 2.37. The molecule has 0 bridgehead atoms. The van der Waals surface area contributed by atoms with Gasteiger partial charge in [-0.05, 0) is 29.8 Å². The molecular weight excluding hydrogens is 467 g/mol. The van der Waals surface area contributed by atoms with Crippen LogP contribution in [0.25, 0.3) is 10.9 Å². The highest BCUT2D eigenvalue weighted by molar-refractivity contribution is 6.37. The van der Waals surface area contributed by atoms with Crippen molar-refractivity contribution in [1.82, 2.24) is 9.88 Å². The predicted octanol–water partition coefficient (Wildman–Crippen LogP) is 4.80. The summed E-state index contributed by atoms with van der Waals surface area (Å²) in [5.74, 6) is -0.712. The van der Waals surface area contributed by atoms with Crippen LogP contribution < -0.4 is 10.1 Å². The fourth-order valence-corrected chi connectivity index (χ4v) is 4.52. The smallest absolute Gasteiger partial charge is 0.307 e. The highest BCUT2D eigenvalue weighted by Gasteiger charge is 2.43. The molecule has 0 spiro atoms. The van der Waals surface area contributed by atoms with Crippen molar-refractivity contribution in [3.8, 4) is 5.75 Å². The Bertz CT molecular complexity index is 1200. The molecule has 2 heterocycles. The Hall–Kier alpha value is -2.74. The number of hydrogen-bond acceptors (Lipinski definition) is 4. The number of nitrogens with zero attached hydrogens (tertiary/aromatic N) is 1. The van der Waals surface area contributed by atoms with Crippen molar-refractivity contribution in [3.63, 3.8) is 0 Å². The molecule has 1 aliphatic heterocycles. The van der Waals surface area contributed by atoms with E-state index in [4.69, 9.17) is 37.8 Å². The molecule has 0 saturated carbocycles. The second-order valence-electron chi connectivity index (χ2n) is 7.52. The third kappa shape index (κ3) is 4.67. The molecule has 1 aliphatic rings. The SMILES string of the molecule is CC.COc1ccc2c(cc(C(=O)NC3(c4ccc(CC(=O)O)cc4Cl)COC3)n2C)c1Cl. The number of carbonyl (C=O) groups is 2. The van der Waals surface area contributed by atoms with Gasteiger partial charge in [-0.25, -0.2) is 0 Å². The quantitative estimate of drug-likeness (QED) is 0.515. The van der Waals surface area contributed by atoms with E-state index in [0.717, 1.165) is 5.52 Å². The van der Waals surface area contributed by atoms with Gasteiger partial charge >= 0.3 is 5.97 Å². The lowest BCUT2D eigenvalue weighted by Gasteiger charge is -2.43. The maximum atomic E-state index is 13.2. The molecule has 176 valence electrons. The van der Waals surface area contributed by atoms with Crippen LogP contribution in [0.5, 0.6) is 5.75 Å². The fraction of sp³-hybridized carbons (Fsp3) is 0.333. The van der Waals surface area contributed by atoms with E-state index < -0.39 is 11.5 Å². The van der Waals surface area contributed by atoms with Gasteiger partial charge in [0.2, 0.25) is 0 Å². The number of nitrogens with one attached hydrogen (secondary N) is 1. The van der Waals surface area contributed by atoms with Crippen molar-refractivity contribution in [3.05, 3.63) is 63.3 Å². The third-order valence-electron chi connectivity index (χ3n) is 5.53. The van der Waals surface area contributed by atoms with Crippen LogP contribution in [0.3, 0.4) is 0 Å². The average molecular weight is 493 g/mol. The molecular formula is C24H26Cl2N2O5. The number of methoxy groups -OCH3 is 1. The second-order valence-corrected chi connectivity index (χ2v) is 8.30. The monoisotopic (exact) mass is 492 g/mol. The Morgan fingerprint density at radius 3 is 2.42 bits per heavy atom. The predicted molar refractivity (Wildman–Crippen MR) is 129 cm³/mol. The summed E-state index contributed by atoms with van der Waals surface area (Å²) < 4.78 is 12.4. The summed E-state index contributed by atoms with van der Waals surface area (Å²) >= 11 is 12.9. The molecule has 2 aromatic carbocycles. The molecule has 1 aromatic heterocycles. The lowest BCUT2D eigenvalue weighted by molar-refractivity contribution is -0.136. The maximum absolute atomic E-state index is 13.2. The van der Waals surface area contributed by atoms with Gasteiger partial charge in [-0.1, -0.05) is 49.2 Å². The minimum absolute atomic E-state index is 0.129. The maximum Gasteiger partial charge on any atom is 0.307 e. The number of hydrogen-bond donors (Lipinski definition) is 2. The number of rotatable bonds is 6. The summed E-state index contributed by atoms with van der Waals surface area (Å²) in [6.45, 7) is 4.52. The fourth-order valence-electron chi connectivity index (χ4n) is 3.85. The van der Waals surface area contributed by atoms with Crippen LogP contribution in [0.15, 0.2) is 36.4 Å². The molecule has 9 heteroatoms. The number of amides is 1. The molecule has 0 unspecified atom stereocenters. The van der Waals surface area contributed by atoms with Gasteiger partial charge in [0.1, 0.15) is 17.0 Å². The molecule has 2 N–H and O–H groups in total. The second kappa shape index (κ2) is 10.0. The van der Waals surface area contributed by atoms with Gasteiger partial charge in [-0.15, -0.1) is 0 Å². The van der Waals surface area contributed by atoms with Crippen LogP contribution in [0.4, 0.5) is 0 Å². The summed E-state index contributed by atoms with van der Waals surface area (Å²) in [5, 5.41) is 13.6. The molecule has 4 rings (SSSR count). The van der Waals surface area contributed by atoms with E-state index in [1.165, 1.54) is 7.11 Å². The molecule has 1 saturated heterocycles. The van der Waals surface area contributed by atoms with Crippen LogP contribution in [-0.4, -0.2) is 41.9 Å². The lowest BCUT2D eigenvalue weighted by Crippen LogP contribution is -2.59. The van der Waals surface area contributed by atoms with Gasteiger partial charge in [0.15, 0.2) is 0 Å². The Balaban J connectivity index is 0.00000149. The Labute approximate surface area is 202 Å². The molecule has 1 amide bonds. The number of carboxylic acid groups (broad SMARTS) is 1. The minimum atomic E-state index is -0.940. The van der Waals surface area contributed by atoms with Crippen LogP contribution in [0.1, 0.15) is 35.5 Å². The number of ether oxygens (including phenoxy) is 2. The molecule has 1 fully saturated rings. The summed E-state index contributed by atoms with van der Waals surface area (Å²) in [4.78, 5) is 24.2. The summed E-state index contributed by atoms with van der Waals surface area (Å²) in [6.07, 6.45) is -0.129. The Kier molecular flexibility index (Phi) is 7.57. The highest BCUT2D eigenvalue weighted by atomic mass is 35.5. The summed E-state index contributed by atoms with van der Waals surface area (Å²) in [5.41, 5.74) is 1.69. The Morgan fingerprint density at radius 1 is 1.18 bits per heavy atom. The number of fused-ring (bicyclic) bond motifs is 1. The molecule has 7 nitrogen and oxygen atoms in total. The van der Waals surface area contributed by atoms with Gasteiger partial charge in [-0.2, -0.15) is 0 Å². The van der Waals surface area contributed by atoms with Crippen molar-refractivity contribution in [2.24, 2.45) is 7.05 Å². The van der Waals surface area contributed by atoms with Gasteiger partial charge in [0, 0.05) is 23.0 Å². The molecule has 33 heavy (non-hydrogen) atoms.